The molecule has 13 heteroatoms. The van der Waals surface area contributed by atoms with Crippen LogP contribution in [-0.2, 0) is 15.8 Å². The van der Waals surface area contributed by atoms with Crippen LogP contribution < -0.4 is 14.9 Å². The highest BCUT2D eigenvalue weighted by molar-refractivity contribution is 6.09. The maximum atomic E-state index is 13.3. The average molecular weight is 557 g/mol. The lowest BCUT2D eigenvalue weighted by molar-refractivity contribution is -0.141. The van der Waals surface area contributed by atoms with Crippen molar-refractivity contribution in [3.63, 3.8) is 0 Å². The highest BCUT2D eigenvalue weighted by Crippen LogP contribution is 2.32. The van der Waals surface area contributed by atoms with E-state index in [9.17, 15) is 22.8 Å². The summed E-state index contributed by atoms with van der Waals surface area (Å²) in [7, 11) is 1.35. The van der Waals surface area contributed by atoms with Crippen molar-refractivity contribution < 1.29 is 32.2 Å². The normalized spacial score (nSPS) is 17.9. The summed E-state index contributed by atoms with van der Waals surface area (Å²) >= 11 is 0. The van der Waals surface area contributed by atoms with E-state index in [1.54, 1.807) is 6.07 Å². The van der Waals surface area contributed by atoms with Crippen LogP contribution in [0.2, 0.25) is 0 Å². The Morgan fingerprint density at radius 1 is 1.10 bits per heavy atom. The van der Waals surface area contributed by atoms with Crippen LogP contribution in [0.4, 0.5) is 13.2 Å². The van der Waals surface area contributed by atoms with Gasteiger partial charge in [0.05, 0.1) is 30.7 Å². The third kappa shape index (κ3) is 5.63. The van der Waals surface area contributed by atoms with Gasteiger partial charge in [-0.05, 0) is 42.0 Å². The number of ether oxygens (including phenoxy) is 2. The molecule has 0 bridgehead atoms. The molecule has 2 amide bonds. The summed E-state index contributed by atoms with van der Waals surface area (Å²) in [5.74, 6) is 0.540. The van der Waals surface area contributed by atoms with E-state index in [0.717, 1.165) is 21.9 Å². The number of hydrogen-bond donors (Lipinski definition) is 1. The van der Waals surface area contributed by atoms with Gasteiger partial charge in [0, 0.05) is 49.8 Å². The number of hydrogen-bond acceptors (Lipinski definition) is 7. The SMILES string of the molecule is COc1ccc(C2=NN(CCCOc3ccc(C4=NNC(=O)CC4C)cc3)C(=O)CC2)c2cc(C(F)(F)F)nn12. The molecule has 2 aliphatic rings. The maximum Gasteiger partial charge on any atom is 0.435 e. The van der Waals surface area contributed by atoms with Gasteiger partial charge in [0.15, 0.2) is 5.69 Å². The number of nitrogens with one attached hydrogen (secondary N) is 1. The average Bonchev–Trinajstić information content (AvgIpc) is 3.39. The van der Waals surface area contributed by atoms with Crippen molar-refractivity contribution in [2.75, 3.05) is 20.3 Å². The number of carbonyl (C=O) groups is 2. The number of pyridine rings is 1. The molecule has 10 nitrogen and oxygen atoms in total. The fourth-order valence-corrected chi connectivity index (χ4v) is 4.69. The van der Waals surface area contributed by atoms with E-state index >= 15 is 0 Å². The van der Waals surface area contributed by atoms with Gasteiger partial charge in [0.25, 0.3) is 0 Å². The predicted molar refractivity (Wildman–Crippen MR) is 139 cm³/mol. The molecule has 0 spiro atoms. The van der Waals surface area contributed by atoms with Crippen LogP contribution in [0.5, 0.6) is 11.6 Å². The van der Waals surface area contributed by atoms with Crippen LogP contribution in [0.25, 0.3) is 5.52 Å². The van der Waals surface area contributed by atoms with Gasteiger partial charge in [-0.25, -0.2) is 10.4 Å². The second-order valence-electron chi connectivity index (χ2n) is 9.54. The second kappa shape index (κ2) is 11.0. The molecule has 2 aliphatic heterocycles. The topological polar surface area (TPSA) is 110 Å². The summed E-state index contributed by atoms with van der Waals surface area (Å²) in [5.41, 5.74) is 4.31. The Bertz CT molecular complexity index is 1500. The zero-order valence-electron chi connectivity index (χ0n) is 21.9. The van der Waals surface area contributed by atoms with Crippen molar-refractivity contribution in [2.24, 2.45) is 16.1 Å². The van der Waals surface area contributed by atoms with Gasteiger partial charge >= 0.3 is 6.18 Å². The van der Waals surface area contributed by atoms with Crippen LogP contribution in [0.15, 0.2) is 52.7 Å². The van der Waals surface area contributed by atoms with Crippen LogP contribution in [0, 0.1) is 5.92 Å². The number of methoxy groups -OCH3 is 1. The van der Waals surface area contributed by atoms with Crippen LogP contribution in [0.1, 0.15) is 49.4 Å². The minimum atomic E-state index is -4.62. The van der Waals surface area contributed by atoms with Gasteiger partial charge in [0.2, 0.25) is 17.7 Å². The zero-order chi connectivity index (χ0) is 28.4. The summed E-state index contributed by atoms with van der Waals surface area (Å²) in [6.45, 7) is 2.56. The Kier molecular flexibility index (Phi) is 7.46. The second-order valence-corrected chi connectivity index (χ2v) is 9.54. The van der Waals surface area contributed by atoms with Crippen molar-refractivity contribution in [3.8, 4) is 11.6 Å². The molecule has 2 aromatic heterocycles. The van der Waals surface area contributed by atoms with Crippen molar-refractivity contribution in [2.45, 2.75) is 38.8 Å². The Balaban J connectivity index is 1.24. The quantitative estimate of drug-likeness (QED) is 0.422. The largest absolute Gasteiger partial charge is 0.494 e. The first-order chi connectivity index (χ1) is 19.1. The first-order valence-corrected chi connectivity index (χ1v) is 12.8. The summed E-state index contributed by atoms with van der Waals surface area (Å²) in [6.07, 6.45) is -3.27. The Morgan fingerprint density at radius 3 is 2.58 bits per heavy atom. The molecule has 4 heterocycles. The van der Waals surface area contributed by atoms with Crippen molar-refractivity contribution >= 4 is 28.8 Å². The van der Waals surface area contributed by atoms with Gasteiger partial charge in [-0.15, -0.1) is 0 Å². The minimum absolute atomic E-state index is 0.0164. The van der Waals surface area contributed by atoms with E-state index < -0.39 is 11.9 Å². The van der Waals surface area contributed by atoms with Gasteiger partial charge in [0.1, 0.15) is 5.75 Å². The summed E-state index contributed by atoms with van der Waals surface area (Å²) in [4.78, 5) is 24.0. The predicted octanol–water partition coefficient (Wildman–Crippen LogP) is 4.02. The molecule has 0 saturated heterocycles. The van der Waals surface area contributed by atoms with E-state index in [-0.39, 0.29) is 42.1 Å². The number of carbonyl (C=O) groups excluding carboxylic acids is 2. The van der Waals surface area contributed by atoms with Crippen molar-refractivity contribution in [1.29, 1.82) is 0 Å². The Labute approximate surface area is 227 Å². The lowest BCUT2D eigenvalue weighted by atomic mass is 9.94. The fraction of sp³-hybridized carbons (Fsp3) is 0.370. The number of hydrazone groups is 2. The summed E-state index contributed by atoms with van der Waals surface area (Å²) in [6, 6.07) is 11.5. The third-order valence-electron chi connectivity index (χ3n) is 6.69. The number of benzene rings is 1. The highest BCUT2D eigenvalue weighted by Gasteiger charge is 2.35. The number of rotatable bonds is 8. The number of aromatic nitrogens is 2. The smallest absolute Gasteiger partial charge is 0.435 e. The third-order valence-corrected chi connectivity index (χ3v) is 6.69. The molecule has 1 unspecified atom stereocenters. The molecule has 1 aromatic carbocycles. The molecule has 0 fully saturated rings. The Morgan fingerprint density at radius 2 is 1.88 bits per heavy atom. The van der Waals surface area contributed by atoms with Gasteiger partial charge in [-0.2, -0.15) is 33.0 Å². The molecular formula is C27H27F3N6O4. The summed E-state index contributed by atoms with van der Waals surface area (Å²) < 4.78 is 52.1. The number of halogens is 3. The van der Waals surface area contributed by atoms with E-state index in [4.69, 9.17) is 9.47 Å². The van der Waals surface area contributed by atoms with Gasteiger partial charge < -0.3 is 9.47 Å². The first kappa shape index (κ1) is 27.2. The van der Waals surface area contributed by atoms with Crippen LogP contribution >= 0.6 is 0 Å². The molecule has 1 atom stereocenters. The Hall–Kier alpha value is -4.42. The first-order valence-electron chi connectivity index (χ1n) is 12.8. The van der Waals surface area contributed by atoms with Gasteiger partial charge in [-0.3, -0.25) is 9.59 Å². The minimum Gasteiger partial charge on any atom is -0.494 e. The standard InChI is InChI=1S/C27H27F3N6O4/c1-16-14-23(37)31-32-26(16)17-4-6-18(7-5-17)40-13-3-12-35-24(38)10-9-20(33-35)19-8-11-25(39-2)36-21(19)15-22(34-36)27(28,29)30/h4-8,11,15-16H,3,9-10,12-14H2,1-2H3,(H,31,37). The molecule has 1 N–H and O–H groups in total. The summed E-state index contributed by atoms with van der Waals surface area (Å²) in [5, 5.41) is 13.6. The number of fused-ring (bicyclic) bond motifs is 1. The molecule has 5 rings (SSSR count). The monoisotopic (exact) mass is 556 g/mol. The van der Waals surface area contributed by atoms with Gasteiger partial charge in [-0.1, -0.05) is 6.92 Å². The number of nitrogens with zero attached hydrogens (tertiary/aromatic N) is 5. The van der Waals surface area contributed by atoms with E-state index in [0.29, 0.717) is 42.9 Å². The highest BCUT2D eigenvalue weighted by atomic mass is 19.4. The van der Waals surface area contributed by atoms with Crippen LogP contribution in [-0.4, -0.2) is 58.1 Å². The van der Waals surface area contributed by atoms with E-state index in [1.165, 1.54) is 18.2 Å². The maximum absolute atomic E-state index is 13.3. The van der Waals surface area contributed by atoms with Crippen molar-refractivity contribution in [3.05, 3.63) is 59.3 Å². The molecular weight excluding hydrogens is 529 g/mol. The van der Waals surface area contributed by atoms with Crippen LogP contribution in [0.3, 0.4) is 0 Å². The number of amides is 2. The molecule has 0 aliphatic carbocycles. The molecule has 40 heavy (non-hydrogen) atoms. The fourth-order valence-electron chi connectivity index (χ4n) is 4.69. The molecule has 210 valence electrons. The van der Waals surface area contributed by atoms with Crippen molar-refractivity contribution in [1.82, 2.24) is 20.0 Å². The number of alkyl halides is 3. The molecule has 3 aromatic rings. The van der Waals surface area contributed by atoms with E-state index in [1.807, 2.05) is 31.2 Å². The lowest BCUT2D eigenvalue weighted by Gasteiger charge is -2.24. The zero-order valence-corrected chi connectivity index (χ0v) is 21.9. The molecule has 0 saturated carbocycles. The lowest BCUT2D eigenvalue weighted by Crippen LogP contribution is -2.33. The van der Waals surface area contributed by atoms with E-state index in [2.05, 4.69) is 20.7 Å². The molecule has 0 radical (unpaired) electrons.